The summed E-state index contributed by atoms with van der Waals surface area (Å²) in [5.74, 6) is -0.845. The number of hydrogen-bond acceptors (Lipinski definition) is 3. The van der Waals surface area contributed by atoms with Gasteiger partial charge in [0.15, 0.2) is 0 Å². The minimum atomic E-state index is -0.755. The molecule has 3 N–H and O–H groups in total. The first-order valence-electron chi connectivity index (χ1n) is 7.80. The van der Waals surface area contributed by atoms with Gasteiger partial charge in [0.25, 0.3) is 0 Å². The summed E-state index contributed by atoms with van der Waals surface area (Å²) < 4.78 is 13.1. The molecule has 1 heterocycles. The lowest BCUT2D eigenvalue weighted by Gasteiger charge is -2.13. The number of hydrogen-bond donors (Lipinski definition) is 3. The molecule has 7 heteroatoms. The molecule has 2 amide bonds. The van der Waals surface area contributed by atoms with E-state index in [1.807, 2.05) is 24.3 Å². The van der Waals surface area contributed by atoms with E-state index in [4.69, 9.17) is 0 Å². The molecule has 2 aromatic carbocycles. The van der Waals surface area contributed by atoms with Crippen LogP contribution in [0.15, 0.2) is 48.5 Å². The summed E-state index contributed by atoms with van der Waals surface area (Å²) in [5.41, 5.74) is 2.09. The van der Waals surface area contributed by atoms with E-state index in [2.05, 4.69) is 20.6 Å². The summed E-state index contributed by atoms with van der Waals surface area (Å²) in [6.45, 7) is 1.57. The van der Waals surface area contributed by atoms with Crippen molar-refractivity contribution in [1.82, 2.24) is 15.3 Å². The van der Waals surface area contributed by atoms with Gasteiger partial charge in [0.2, 0.25) is 17.8 Å². The molecule has 0 aliphatic rings. The molecule has 0 radical (unpaired) electrons. The number of aromatic nitrogens is 2. The molecule has 6 nitrogen and oxygen atoms in total. The van der Waals surface area contributed by atoms with E-state index in [-0.39, 0.29) is 12.3 Å². The van der Waals surface area contributed by atoms with E-state index in [0.717, 1.165) is 11.0 Å². The largest absolute Gasteiger partial charge is 0.344 e. The van der Waals surface area contributed by atoms with Crippen molar-refractivity contribution in [3.8, 4) is 0 Å². The Balaban J connectivity index is 1.57. The van der Waals surface area contributed by atoms with Gasteiger partial charge in [0.05, 0.1) is 17.5 Å². The van der Waals surface area contributed by atoms with Crippen molar-refractivity contribution in [1.29, 1.82) is 0 Å². The van der Waals surface area contributed by atoms with Crippen molar-refractivity contribution in [3.05, 3.63) is 59.9 Å². The number of H-pyrrole nitrogens is 1. The number of carbonyl (C=O) groups excluding carboxylic acids is 2. The smallest absolute Gasteiger partial charge is 0.248 e. The topological polar surface area (TPSA) is 86.9 Å². The van der Waals surface area contributed by atoms with Gasteiger partial charge in [-0.1, -0.05) is 24.3 Å². The monoisotopic (exact) mass is 340 g/mol. The zero-order chi connectivity index (χ0) is 17.8. The van der Waals surface area contributed by atoms with E-state index < -0.39 is 17.8 Å². The normalized spacial score (nSPS) is 11.9. The van der Waals surface area contributed by atoms with Crippen LogP contribution in [0.4, 0.5) is 10.3 Å². The highest BCUT2D eigenvalue weighted by Crippen LogP contribution is 2.13. The number of rotatable bonds is 5. The maximum Gasteiger partial charge on any atom is 0.248 e. The zero-order valence-electron chi connectivity index (χ0n) is 13.5. The standard InChI is InChI=1S/C18H17FN4O2/c1-11(20-16(24)10-12-5-4-6-13(19)9-12)17(25)23-18-21-14-7-2-3-8-15(14)22-18/h2-9,11H,10H2,1H3,(H,20,24)(H2,21,22,23,25)/t11-/m0/s1. The number of halogens is 1. The Kier molecular flexibility index (Phi) is 4.74. The third kappa shape index (κ3) is 4.20. The number of carbonyl (C=O) groups is 2. The van der Waals surface area contributed by atoms with Gasteiger partial charge in [-0.3, -0.25) is 14.9 Å². The van der Waals surface area contributed by atoms with Crippen molar-refractivity contribution in [2.75, 3.05) is 5.32 Å². The summed E-state index contributed by atoms with van der Waals surface area (Å²) in [4.78, 5) is 31.4. The number of aromatic amines is 1. The van der Waals surface area contributed by atoms with Gasteiger partial charge in [-0.15, -0.1) is 0 Å². The van der Waals surface area contributed by atoms with Crippen LogP contribution in [0.5, 0.6) is 0 Å². The molecular formula is C18H17FN4O2. The van der Waals surface area contributed by atoms with Crippen molar-refractivity contribution in [3.63, 3.8) is 0 Å². The first-order valence-corrected chi connectivity index (χ1v) is 7.80. The molecule has 25 heavy (non-hydrogen) atoms. The number of nitrogens with one attached hydrogen (secondary N) is 3. The lowest BCUT2D eigenvalue weighted by atomic mass is 10.1. The SMILES string of the molecule is C[C@H](NC(=O)Cc1cccc(F)c1)C(=O)Nc1nc2ccccc2[nH]1. The quantitative estimate of drug-likeness (QED) is 0.666. The number of amides is 2. The molecule has 0 aliphatic heterocycles. The Bertz CT molecular complexity index is 889. The molecule has 0 unspecified atom stereocenters. The van der Waals surface area contributed by atoms with Crippen LogP contribution in [0.2, 0.25) is 0 Å². The van der Waals surface area contributed by atoms with Crippen LogP contribution in [0.25, 0.3) is 11.0 Å². The van der Waals surface area contributed by atoms with Crippen molar-refractivity contribution < 1.29 is 14.0 Å². The number of fused-ring (bicyclic) bond motifs is 1. The van der Waals surface area contributed by atoms with E-state index in [0.29, 0.717) is 11.5 Å². The highest BCUT2D eigenvalue weighted by molar-refractivity contribution is 5.97. The van der Waals surface area contributed by atoms with Gasteiger partial charge >= 0.3 is 0 Å². The third-order valence-corrected chi connectivity index (χ3v) is 3.66. The second-order valence-corrected chi connectivity index (χ2v) is 5.69. The summed E-state index contributed by atoms with van der Waals surface area (Å²) in [6.07, 6.45) is 0.0000176. The fourth-order valence-corrected chi connectivity index (χ4v) is 2.43. The van der Waals surface area contributed by atoms with Gasteiger partial charge in [-0.25, -0.2) is 9.37 Å². The summed E-state index contributed by atoms with van der Waals surface area (Å²) in [6, 6.07) is 12.4. The molecule has 0 bridgehead atoms. The van der Waals surface area contributed by atoms with Gasteiger partial charge in [-0.05, 0) is 36.8 Å². The zero-order valence-corrected chi connectivity index (χ0v) is 13.5. The van der Waals surface area contributed by atoms with Crippen LogP contribution in [-0.2, 0) is 16.0 Å². The summed E-state index contributed by atoms with van der Waals surface area (Å²) >= 11 is 0. The maximum absolute atomic E-state index is 13.1. The lowest BCUT2D eigenvalue weighted by molar-refractivity contribution is -0.125. The van der Waals surface area contributed by atoms with Crippen molar-refractivity contribution >= 4 is 28.8 Å². The average molecular weight is 340 g/mol. The molecule has 0 saturated carbocycles. The highest BCUT2D eigenvalue weighted by Gasteiger charge is 2.17. The molecule has 1 atom stereocenters. The fraction of sp³-hybridized carbons (Fsp3) is 0.167. The molecule has 128 valence electrons. The minimum Gasteiger partial charge on any atom is -0.344 e. The number of anilines is 1. The van der Waals surface area contributed by atoms with Gasteiger partial charge < -0.3 is 10.3 Å². The second-order valence-electron chi connectivity index (χ2n) is 5.69. The van der Waals surface area contributed by atoms with Crippen LogP contribution in [-0.4, -0.2) is 27.8 Å². The predicted octanol–water partition coefficient (Wildman–Crippen LogP) is 2.39. The third-order valence-electron chi connectivity index (χ3n) is 3.66. The molecule has 0 aliphatic carbocycles. The number of para-hydroxylation sites is 2. The van der Waals surface area contributed by atoms with Crippen LogP contribution >= 0.6 is 0 Å². The highest BCUT2D eigenvalue weighted by atomic mass is 19.1. The van der Waals surface area contributed by atoms with Crippen molar-refractivity contribution in [2.45, 2.75) is 19.4 Å². The number of nitrogens with zero attached hydrogens (tertiary/aromatic N) is 1. The Labute approximate surface area is 143 Å². The van der Waals surface area contributed by atoms with Gasteiger partial charge in [0, 0.05) is 0 Å². The first kappa shape index (κ1) is 16.6. The summed E-state index contributed by atoms with van der Waals surface area (Å²) in [7, 11) is 0. The van der Waals surface area contributed by atoms with Crippen LogP contribution in [0.3, 0.4) is 0 Å². The lowest BCUT2D eigenvalue weighted by Crippen LogP contribution is -2.42. The van der Waals surface area contributed by atoms with Crippen LogP contribution < -0.4 is 10.6 Å². The first-order chi connectivity index (χ1) is 12.0. The van der Waals surface area contributed by atoms with E-state index >= 15 is 0 Å². The molecule has 0 saturated heterocycles. The molecule has 3 rings (SSSR count). The second kappa shape index (κ2) is 7.12. The molecule has 1 aromatic heterocycles. The van der Waals surface area contributed by atoms with Crippen molar-refractivity contribution in [2.24, 2.45) is 0 Å². The van der Waals surface area contributed by atoms with E-state index in [9.17, 15) is 14.0 Å². The van der Waals surface area contributed by atoms with Gasteiger partial charge in [0.1, 0.15) is 11.9 Å². The molecule has 0 fully saturated rings. The number of imidazole rings is 1. The molecule has 0 spiro atoms. The molecular weight excluding hydrogens is 323 g/mol. The molecule has 3 aromatic rings. The Morgan fingerprint density at radius 3 is 2.76 bits per heavy atom. The van der Waals surface area contributed by atoms with Crippen LogP contribution in [0, 0.1) is 5.82 Å². The Morgan fingerprint density at radius 2 is 2.00 bits per heavy atom. The van der Waals surface area contributed by atoms with E-state index in [1.165, 1.54) is 18.2 Å². The summed E-state index contributed by atoms with van der Waals surface area (Å²) in [5, 5.41) is 5.22. The van der Waals surface area contributed by atoms with E-state index in [1.54, 1.807) is 13.0 Å². The van der Waals surface area contributed by atoms with Gasteiger partial charge in [-0.2, -0.15) is 0 Å². The fourth-order valence-electron chi connectivity index (χ4n) is 2.43. The maximum atomic E-state index is 13.1. The predicted molar refractivity (Wildman–Crippen MR) is 92.4 cm³/mol. The Hall–Kier alpha value is -3.22. The van der Waals surface area contributed by atoms with Crippen LogP contribution in [0.1, 0.15) is 12.5 Å². The Morgan fingerprint density at radius 1 is 1.20 bits per heavy atom. The average Bonchev–Trinajstić information content (AvgIpc) is 2.96. The number of benzene rings is 2. The minimum absolute atomic E-state index is 0.0000176.